The van der Waals surface area contributed by atoms with Crippen molar-refractivity contribution in [2.24, 2.45) is 0 Å². The molecule has 0 saturated heterocycles. The maximum Gasteiger partial charge on any atom is 0.335 e. The van der Waals surface area contributed by atoms with Gasteiger partial charge < -0.3 is 9.84 Å². The number of hydrogen-bond acceptors (Lipinski definition) is 3. The Morgan fingerprint density at radius 2 is 2.31 bits per heavy atom. The molecule has 1 N–H and O–H groups in total. The van der Waals surface area contributed by atoms with E-state index in [1.54, 1.807) is 25.1 Å². The van der Waals surface area contributed by atoms with E-state index in [4.69, 9.17) is 16.3 Å². The second kappa shape index (κ2) is 6.23. The summed E-state index contributed by atoms with van der Waals surface area (Å²) in [5.41, 5.74) is 0.713. The third-order valence-electron chi connectivity index (χ3n) is 1.99. The number of carbonyl (C=O) groups excluding carboxylic acids is 1. The molecule has 1 unspecified atom stereocenters. The standard InChI is InChI=1S/C11H12BrClO3/c1-2-16-11(15)10(14)5-7-3-4-8(12)6-9(7)13/h3-4,6,10,14H,2,5H2,1H3. The molecule has 1 aromatic carbocycles. The van der Waals surface area contributed by atoms with E-state index in [1.165, 1.54) is 0 Å². The fourth-order valence-corrected chi connectivity index (χ4v) is 1.97. The zero-order chi connectivity index (χ0) is 12.1. The van der Waals surface area contributed by atoms with Crippen LogP contribution in [0, 0.1) is 0 Å². The van der Waals surface area contributed by atoms with Gasteiger partial charge in [0.25, 0.3) is 0 Å². The lowest BCUT2D eigenvalue weighted by atomic mass is 10.1. The Bertz CT molecular complexity index is 381. The van der Waals surface area contributed by atoms with Crippen LogP contribution in [-0.4, -0.2) is 23.8 Å². The van der Waals surface area contributed by atoms with Crippen LogP contribution in [-0.2, 0) is 16.0 Å². The highest BCUT2D eigenvalue weighted by Crippen LogP contribution is 2.22. The smallest absolute Gasteiger partial charge is 0.335 e. The molecule has 1 atom stereocenters. The fraction of sp³-hybridized carbons (Fsp3) is 0.364. The first-order chi connectivity index (χ1) is 7.54. The third kappa shape index (κ3) is 3.77. The van der Waals surface area contributed by atoms with Crippen LogP contribution < -0.4 is 0 Å². The van der Waals surface area contributed by atoms with Gasteiger partial charge in [0.05, 0.1) is 6.61 Å². The highest BCUT2D eigenvalue weighted by atomic mass is 79.9. The summed E-state index contributed by atoms with van der Waals surface area (Å²) in [6, 6.07) is 5.28. The normalized spacial score (nSPS) is 12.2. The Hall–Kier alpha value is -0.580. The van der Waals surface area contributed by atoms with Crippen molar-refractivity contribution in [3.63, 3.8) is 0 Å². The van der Waals surface area contributed by atoms with Gasteiger partial charge >= 0.3 is 5.97 Å². The molecule has 1 aromatic rings. The quantitative estimate of drug-likeness (QED) is 0.870. The first-order valence-corrected chi connectivity index (χ1v) is 6.00. The molecule has 0 bridgehead atoms. The molecule has 0 fully saturated rings. The number of ether oxygens (including phenoxy) is 1. The summed E-state index contributed by atoms with van der Waals surface area (Å²) in [6.45, 7) is 1.95. The van der Waals surface area contributed by atoms with E-state index in [1.807, 2.05) is 0 Å². The second-order valence-electron chi connectivity index (χ2n) is 3.21. The van der Waals surface area contributed by atoms with Crippen LogP contribution in [0.25, 0.3) is 0 Å². The van der Waals surface area contributed by atoms with Gasteiger partial charge in [0, 0.05) is 15.9 Å². The first-order valence-electron chi connectivity index (χ1n) is 4.83. The predicted molar refractivity (Wildman–Crippen MR) is 65.5 cm³/mol. The van der Waals surface area contributed by atoms with Crippen molar-refractivity contribution in [2.45, 2.75) is 19.4 Å². The first kappa shape index (κ1) is 13.5. The van der Waals surface area contributed by atoms with E-state index in [9.17, 15) is 9.90 Å². The van der Waals surface area contributed by atoms with Crippen LogP contribution in [0.1, 0.15) is 12.5 Å². The molecule has 0 aliphatic carbocycles. The molecule has 0 saturated carbocycles. The lowest BCUT2D eigenvalue weighted by Gasteiger charge is -2.10. The van der Waals surface area contributed by atoms with Crippen molar-refractivity contribution in [1.29, 1.82) is 0 Å². The lowest BCUT2D eigenvalue weighted by molar-refractivity contribution is -0.152. The van der Waals surface area contributed by atoms with E-state index < -0.39 is 12.1 Å². The number of carbonyl (C=O) groups is 1. The number of benzene rings is 1. The molecular weight excluding hydrogens is 295 g/mol. The van der Waals surface area contributed by atoms with E-state index in [-0.39, 0.29) is 13.0 Å². The fourth-order valence-electron chi connectivity index (χ4n) is 1.22. The molecule has 0 amide bonds. The van der Waals surface area contributed by atoms with Crippen molar-refractivity contribution in [2.75, 3.05) is 6.61 Å². The SMILES string of the molecule is CCOC(=O)C(O)Cc1ccc(Br)cc1Cl. The molecule has 88 valence electrons. The number of aliphatic hydroxyl groups is 1. The minimum atomic E-state index is -1.17. The Kier molecular flexibility index (Phi) is 5.25. The summed E-state index contributed by atoms with van der Waals surface area (Å²) in [5, 5.41) is 10.1. The number of hydrogen-bond donors (Lipinski definition) is 1. The number of esters is 1. The molecule has 5 heteroatoms. The monoisotopic (exact) mass is 306 g/mol. The molecular formula is C11H12BrClO3. The average Bonchev–Trinajstić information content (AvgIpc) is 2.22. The van der Waals surface area contributed by atoms with Crippen molar-refractivity contribution >= 4 is 33.5 Å². The highest BCUT2D eigenvalue weighted by molar-refractivity contribution is 9.10. The predicted octanol–water partition coefficient (Wildman–Crippen LogP) is 2.57. The number of rotatable bonds is 4. The van der Waals surface area contributed by atoms with Gasteiger partial charge in [0.15, 0.2) is 6.10 Å². The molecule has 0 heterocycles. The van der Waals surface area contributed by atoms with Crippen molar-refractivity contribution in [1.82, 2.24) is 0 Å². The van der Waals surface area contributed by atoms with Crippen LogP contribution in [0.15, 0.2) is 22.7 Å². The summed E-state index contributed by atoms with van der Waals surface area (Å²) in [6.07, 6.45) is -1.01. The van der Waals surface area contributed by atoms with Gasteiger partial charge in [-0.25, -0.2) is 4.79 Å². The van der Waals surface area contributed by atoms with Crippen LogP contribution in [0.5, 0.6) is 0 Å². The maximum atomic E-state index is 11.2. The number of halogens is 2. The van der Waals surface area contributed by atoms with Crippen molar-refractivity contribution in [3.8, 4) is 0 Å². The minimum Gasteiger partial charge on any atom is -0.464 e. The lowest BCUT2D eigenvalue weighted by Crippen LogP contribution is -2.25. The van der Waals surface area contributed by atoms with Gasteiger partial charge in [0.1, 0.15) is 0 Å². The zero-order valence-electron chi connectivity index (χ0n) is 8.74. The Morgan fingerprint density at radius 3 is 2.88 bits per heavy atom. The largest absolute Gasteiger partial charge is 0.464 e. The van der Waals surface area contributed by atoms with Gasteiger partial charge in [-0.15, -0.1) is 0 Å². The van der Waals surface area contributed by atoms with Crippen molar-refractivity contribution in [3.05, 3.63) is 33.3 Å². The van der Waals surface area contributed by atoms with Crippen LogP contribution >= 0.6 is 27.5 Å². The van der Waals surface area contributed by atoms with Crippen LogP contribution in [0.3, 0.4) is 0 Å². The number of aliphatic hydroxyl groups excluding tert-OH is 1. The molecule has 1 rings (SSSR count). The minimum absolute atomic E-state index is 0.158. The van der Waals surface area contributed by atoms with E-state index in [2.05, 4.69) is 15.9 Å². The summed E-state index contributed by atoms with van der Waals surface area (Å²) in [5.74, 6) is -0.624. The van der Waals surface area contributed by atoms with E-state index >= 15 is 0 Å². The molecule has 16 heavy (non-hydrogen) atoms. The van der Waals surface area contributed by atoms with Gasteiger partial charge in [-0.05, 0) is 24.6 Å². The highest BCUT2D eigenvalue weighted by Gasteiger charge is 2.17. The molecule has 3 nitrogen and oxygen atoms in total. The Balaban J connectivity index is 2.69. The summed E-state index contributed by atoms with van der Waals surface area (Å²) < 4.78 is 5.55. The van der Waals surface area contributed by atoms with Gasteiger partial charge in [-0.2, -0.15) is 0 Å². The molecule has 0 aliphatic heterocycles. The third-order valence-corrected chi connectivity index (χ3v) is 2.83. The molecule has 0 radical (unpaired) electrons. The van der Waals surface area contributed by atoms with E-state index in [0.717, 1.165) is 4.47 Å². The van der Waals surface area contributed by atoms with Crippen LogP contribution in [0.2, 0.25) is 5.02 Å². The van der Waals surface area contributed by atoms with E-state index in [0.29, 0.717) is 10.6 Å². The summed E-state index contributed by atoms with van der Waals surface area (Å²) in [7, 11) is 0. The molecule has 0 aromatic heterocycles. The molecule has 0 aliphatic rings. The van der Waals surface area contributed by atoms with Crippen molar-refractivity contribution < 1.29 is 14.6 Å². The molecule has 0 spiro atoms. The van der Waals surface area contributed by atoms with Gasteiger partial charge in [0.2, 0.25) is 0 Å². The maximum absolute atomic E-state index is 11.2. The summed E-state index contributed by atoms with van der Waals surface area (Å²) >= 11 is 9.24. The Labute approximate surface area is 107 Å². The average molecular weight is 308 g/mol. The second-order valence-corrected chi connectivity index (χ2v) is 4.53. The van der Waals surface area contributed by atoms with Gasteiger partial charge in [-0.3, -0.25) is 0 Å². The topological polar surface area (TPSA) is 46.5 Å². The summed E-state index contributed by atoms with van der Waals surface area (Å²) in [4.78, 5) is 11.2. The van der Waals surface area contributed by atoms with Gasteiger partial charge in [-0.1, -0.05) is 33.6 Å². The van der Waals surface area contributed by atoms with Crippen LogP contribution in [0.4, 0.5) is 0 Å². The zero-order valence-corrected chi connectivity index (χ0v) is 11.1. The Morgan fingerprint density at radius 1 is 1.62 bits per heavy atom.